The number of hydrogen-bond donors (Lipinski definition) is 1. The molecule has 3 aromatic rings. The van der Waals surface area contributed by atoms with Crippen molar-refractivity contribution in [1.82, 2.24) is 5.43 Å². The minimum absolute atomic E-state index is 0.0926. The maximum absolute atomic E-state index is 11.9. The third kappa shape index (κ3) is 4.78. The van der Waals surface area contributed by atoms with Crippen LogP contribution >= 0.6 is 11.3 Å². The molecule has 0 atom stereocenters. The highest BCUT2D eigenvalue weighted by molar-refractivity contribution is 7.13. The van der Waals surface area contributed by atoms with Crippen molar-refractivity contribution < 1.29 is 9.53 Å². The van der Waals surface area contributed by atoms with Crippen LogP contribution in [0.2, 0.25) is 0 Å². The molecule has 1 amide bonds. The van der Waals surface area contributed by atoms with Crippen molar-refractivity contribution in [2.24, 2.45) is 5.10 Å². The number of carbonyl (C=O) groups is 1. The van der Waals surface area contributed by atoms with Gasteiger partial charge in [-0.2, -0.15) is 5.10 Å². The molecule has 0 bridgehead atoms. The molecule has 0 unspecified atom stereocenters. The van der Waals surface area contributed by atoms with Crippen LogP contribution in [0.4, 0.5) is 0 Å². The molecule has 126 valence electrons. The van der Waals surface area contributed by atoms with Crippen LogP contribution in [0.5, 0.6) is 5.75 Å². The normalized spacial score (nSPS) is 10.8. The van der Waals surface area contributed by atoms with E-state index in [0.29, 0.717) is 5.75 Å². The second-order valence-corrected chi connectivity index (χ2v) is 6.71. The van der Waals surface area contributed by atoms with Crippen LogP contribution in [0.1, 0.15) is 9.75 Å². The largest absolute Gasteiger partial charge is 0.483 e. The predicted octanol–water partition coefficient (Wildman–Crippen LogP) is 4.25. The number of ether oxygens (including phenoxy) is 1. The van der Waals surface area contributed by atoms with Gasteiger partial charge in [-0.05, 0) is 30.7 Å². The van der Waals surface area contributed by atoms with Gasteiger partial charge in [0.05, 0.1) is 6.21 Å². The van der Waals surface area contributed by atoms with E-state index in [2.05, 4.69) is 10.5 Å². The first kappa shape index (κ1) is 16.9. The van der Waals surface area contributed by atoms with Gasteiger partial charge in [0.1, 0.15) is 5.75 Å². The molecule has 1 aromatic heterocycles. The lowest BCUT2D eigenvalue weighted by Gasteiger charge is -2.10. The summed E-state index contributed by atoms with van der Waals surface area (Å²) in [4.78, 5) is 14.1. The number of nitrogens with one attached hydrogen (secondary N) is 1. The van der Waals surface area contributed by atoms with Crippen molar-refractivity contribution in [1.29, 1.82) is 0 Å². The van der Waals surface area contributed by atoms with Gasteiger partial charge >= 0.3 is 0 Å². The molecular weight excluding hydrogens is 332 g/mol. The maximum Gasteiger partial charge on any atom is 0.277 e. The second kappa shape index (κ2) is 8.26. The second-order valence-electron chi connectivity index (χ2n) is 5.39. The number of hydrazone groups is 1. The van der Waals surface area contributed by atoms with Gasteiger partial charge in [0.2, 0.25) is 0 Å². The number of thiophene rings is 1. The number of benzene rings is 2. The summed E-state index contributed by atoms with van der Waals surface area (Å²) in [5, 5.41) is 3.95. The van der Waals surface area contributed by atoms with Crippen LogP contribution in [0.25, 0.3) is 11.1 Å². The highest BCUT2D eigenvalue weighted by Crippen LogP contribution is 2.29. The van der Waals surface area contributed by atoms with E-state index in [1.54, 1.807) is 17.6 Å². The first-order valence-electron chi connectivity index (χ1n) is 7.88. The molecule has 0 aliphatic heterocycles. The summed E-state index contributed by atoms with van der Waals surface area (Å²) < 4.78 is 5.68. The van der Waals surface area contributed by atoms with Gasteiger partial charge in [-0.15, -0.1) is 11.3 Å². The molecule has 3 rings (SSSR count). The number of rotatable bonds is 6. The highest BCUT2D eigenvalue weighted by atomic mass is 32.1. The monoisotopic (exact) mass is 350 g/mol. The average Bonchev–Trinajstić information content (AvgIpc) is 3.06. The van der Waals surface area contributed by atoms with E-state index in [4.69, 9.17) is 4.74 Å². The molecule has 0 fully saturated rings. The third-order valence-electron chi connectivity index (χ3n) is 3.47. The van der Waals surface area contributed by atoms with E-state index < -0.39 is 0 Å². The summed E-state index contributed by atoms with van der Waals surface area (Å²) in [6, 6.07) is 21.6. The Morgan fingerprint density at radius 3 is 2.60 bits per heavy atom. The molecule has 2 aromatic carbocycles. The van der Waals surface area contributed by atoms with E-state index in [9.17, 15) is 4.79 Å². The molecule has 0 radical (unpaired) electrons. The van der Waals surface area contributed by atoms with Crippen molar-refractivity contribution in [2.45, 2.75) is 6.92 Å². The van der Waals surface area contributed by atoms with Gasteiger partial charge in [-0.25, -0.2) is 5.43 Å². The Morgan fingerprint density at radius 2 is 1.84 bits per heavy atom. The van der Waals surface area contributed by atoms with Crippen molar-refractivity contribution in [2.75, 3.05) is 6.61 Å². The SMILES string of the molecule is Cc1ccc(/C=N/NC(=O)COc2ccccc2-c2ccccc2)s1. The molecular formula is C20H18N2O2S. The topological polar surface area (TPSA) is 50.7 Å². The molecule has 4 nitrogen and oxygen atoms in total. The summed E-state index contributed by atoms with van der Waals surface area (Å²) in [7, 11) is 0. The number of aryl methyl sites for hydroxylation is 1. The van der Waals surface area contributed by atoms with Gasteiger partial charge < -0.3 is 4.74 Å². The Labute approximate surface area is 150 Å². The van der Waals surface area contributed by atoms with Crippen molar-refractivity contribution in [3.63, 3.8) is 0 Å². The molecule has 1 heterocycles. The Kier molecular flexibility index (Phi) is 5.59. The quantitative estimate of drug-likeness (QED) is 0.534. The van der Waals surface area contributed by atoms with E-state index in [1.165, 1.54) is 4.88 Å². The number of nitrogens with zero attached hydrogens (tertiary/aromatic N) is 1. The van der Waals surface area contributed by atoms with Crippen molar-refractivity contribution in [3.8, 4) is 16.9 Å². The molecule has 1 N–H and O–H groups in total. The lowest BCUT2D eigenvalue weighted by atomic mass is 10.1. The highest BCUT2D eigenvalue weighted by Gasteiger charge is 2.07. The number of carbonyl (C=O) groups excluding carboxylic acids is 1. The minimum Gasteiger partial charge on any atom is -0.483 e. The zero-order valence-corrected chi connectivity index (χ0v) is 14.6. The van der Waals surface area contributed by atoms with Crippen LogP contribution in [0.3, 0.4) is 0 Å². The molecule has 5 heteroatoms. The molecule has 25 heavy (non-hydrogen) atoms. The van der Waals surface area contributed by atoms with Gasteiger partial charge in [0.15, 0.2) is 6.61 Å². The fourth-order valence-electron chi connectivity index (χ4n) is 2.31. The zero-order chi connectivity index (χ0) is 17.5. The fourth-order valence-corrected chi connectivity index (χ4v) is 3.06. The summed E-state index contributed by atoms with van der Waals surface area (Å²) in [6.45, 7) is 1.93. The standard InChI is InChI=1S/C20H18N2O2S/c1-15-11-12-17(25-15)13-21-22-20(23)14-24-19-10-6-5-9-18(19)16-7-3-2-4-8-16/h2-13H,14H2,1H3,(H,22,23)/b21-13+. The first-order chi connectivity index (χ1) is 12.2. The van der Waals surface area contributed by atoms with Crippen LogP contribution in [-0.4, -0.2) is 18.7 Å². The lowest BCUT2D eigenvalue weighted by Crippen LogP contribution is -2.24. The van der Waals surface area contributed by atoms with E-state index in [0.717, 1.165) is 16.0 Å². The van der Waals surface area contributed by atoms with Crippen molar-refractivity contribution >= 4 is 23.5 Å². The average molecular weight is 350 g/mol. The number of amides is 1. The maximum atomic E-state index is 11.9. The van der Waals surface area contributed by atoms with Gasteiger partial charge in [-0.3, -0.25) is 4.79 Å². The predicted molar refractivity (Wildman–Crippen MR) is 102 cm³/mol. The van der Waals surface area contributed by atoms with Crippen LogP contribution < -0.4 is 10.2 Å². The van der Waals surface area contributed by atoms with Crippen molar-refractivity contribution in [3.05, 3.63) is 76.5 Å². The fraction of sp³-hybridized carbons (Fsp3) is 0.100. The van der Waals surface area contributed by atoms with Gasteiger partial charge in [0, 0.05) is 15.3 Å². The number of para-hydroxylation sites is 1. The van der Waals surface area contributed by atoms with E-state index >= 15 is 0 Å². The Morgan fingerprint density at radius 1 is 1.08 bits per heavy atom. The van der Waals surface area contributed by atoms with Crippen LogP contribution in [-0.2, 0) is 4.79 Å². The van der Waals surface area contributed by atoms with Gasteiger partial charge in [0.25, 0.3) is 5.91 Å². The summed E-state index contributed by atoms with van der Waals surface area (Å²) in [5.41, 5.74) is 4.48. The number of hydrogen-bond acceptors (Lipinski definition) is 4. The summed E-state index contributed by atoms with van der Waals surface area (Å²) in [6.07, 6.45) is 1.63. The Bertz CT molecular complexity index is 872. The molecule has 0 aliphatic carbocycles. The smallest absolute Gasteiger partial charge is 0.277 e. The Balaban J connectivity index is 1.58. The molecule has 0 aliphatic rings. The Hall–Kier alpha value is -2.92. The van der Waals surface area contributed by atoms with Crippen LogP contribution in [0.15, 0.2) is 71.8 Å². The van der Waals surface area contributed by atoms with E-state index in [1.807, 2.05) is 73.7 Å². The van der Waals surface area contributed by atoms with Crippen LogP contribution in [0, 0.1) is 6.92 Å². The lowest BCUT2D eigenvalue weighted by molar-refractivity contribution is -0.123. The third-order valence-corrected chi connectivity index (χ3v) is 4.41. The zero-order valence-electron chi connectivity index (χ0n) is 13.8. The molecule has 0 saturated carbocycles. The van der Waals surface area contributed by atoms with E-state index in [-0.39, 0.29) is 12.5 Å². The molecule has 0 saturated heterocycles. The van der Waals surface area contributed by atoms with Gasteiger partial charge in [-0.1, -0.05) is 48.5 Å². The summed E-state index contributed by atoms with van der Waals surface area (Å²) in [5.74, 6) is 0.370. The first-order valence-corrected chi connectivity index (χ1v) is 8.69. The minimum atomic E-state index is -0.299. The summed E-state index contributed by atoms with van der Waals surface area (Å²) >= 11 is 1.62. The molecule has 0 spiro atoms.